The van der Waals surface area contributed by atoms with Crippen molar-refractivity contribution in [2.45, 2.75) is 89.7 Å². The van der Waals surface area contributed by atoms with Gasteiger partial charge in [-0.1, -0.05) is 12.5 Å². The van der Waals surface area contributed by atoms with Gasteiger partial charge in [0, 0.05) is 18.0 Å². The molecule has 0 unspecified atom stereocenters. The number of hydrogen-bond acceptors (Lipinski definition) is 5. The molecule has 158 valence electrons. The average molecular weight is 414 g/mol. The summed E-state index contributed by atoms with van der Waals surface area (Å²) in [5.74, 6) is 2.44. The van der Waals surface area contributed by atoms with Crippen molar-refractivity contribution in [2.75, 3.05) is 12.4 Å². The monoisotopic (exact) mass is 413 g/mol. The van der Waals surface area contributed by atoms with E-state index in [0.717, 1.165) is 29.4 Å². The largest absolute Gasteiger partial charge is 0.381 e. The fourth-order valence-electron chi connectivity index (χ4n) is 5.36. The summed E-state index contributed by atoms with van der Waals surface area (Å²) in [6, 6.07) is 0.521. The highest BCUT2D eigenvalue weighted by molar-refractivity contribution is 7.19. The number of ether oxygens (including phenoxy) is 1. The van der Waals surface area contributed by atoms with Gasteiger partial charge in [0.05, 0.1) is 11.5 Å². The van der Waals surface area contributed by atoms with Gasteiger partial charge in [-0.15, -0.1) is 17.9 Å². The quantitative estimate of drug-likeness (QED) is 0.504. The van der Waals surface area contributed by atoms with Gasteiger partial charge in [0.15, 0.2) is 0 Å². The van der Waals surface area contributed by atoms with Crippen molar-refractivity contribution >= 4 is 27.4 Å². The van der Waals surface area contributed by atoms with Gasteiger partial charge in [0.25, 0.3) is 0 Å². The molecule has 0 spiro atoms. The van der Waals surface area contributed by atoms with E-state index in [2.05, 4.69) is 30.7 Å². The van der Waals surface area contributed by atoms with Gasteiger partial charge in [-0.25, -0.2) is 9.97 Å². The Morgan fingerprint density at radius 1 is 1.28 bits per heavy atom. The summed E-state index contributed by atoms with van der Waals surface area (Å²) >= 11 is 1.87. The molecule has 4 nitrogen and oxygen atoms in total. The summed E-state index contributed by atoms with van der Waals surface area (Å²) < 4.78 is 5.70. The zero-order valence-electron chi connectivity index (χ0n) is 18.2. The first-order chi connectivity index (χ1) is 14.1. The minimum absolute atomic E-state index is 0.338. The van der Waals surface area contributed by atoms with Gasteiger partial charge < -0.3 is 10.1 Å². The van der Waals surface area contributed by atoms with Crippen LogP contribution in [0.3, 0.4) is 0 Å². The maximum Gasteiger partial charge on any atom is 0.138 e. The number of aryl methyl sites for hydroxylation is 1. The van der Waals surface area contributed by atoms with Crippen molar-refractivity contribution in [2.24, 2.45) is 5.92 Å². The molecule has 29 heavy (non-hydrogen) atoms. The number of hydrogen-bond donors (Lipinski definition) is 1. The van der Waals surface area contributed by atoms with Crippen LogP contribution in [-0.4, -0.2) is 29.2 Å². The number of nitrogens with one attached hydrogen (secondary N) is 1. The molecule has 4 rings (SSSR count). The average Bonchev–Trinajstić information content (AvgIpc) is 3.27. The minimum atomic E-state index is 0.338. The topological polar surface area (TPSA) is 47.0 Å². The van der Waals surface area contributed by atoms with E-state index in [9.17, 15) is 0 Å². The van der Waals surface area contributed by atoms with E-state index in [1.54, 1.807) is 6.33 Å². The third kappa shape index (κ3) is 4.51. The lowest BCUT2D eigenvalue weighted by Crippen LogP contribution is -2.26. The van der Waals surface area contributed by atoms with Crippen LogP contribution in [0.4, 0.5) is 5.82 Å². The lowest BCUT2D eigenvalue weighted by Gasteiger charge is -2.30. The molecule has 0 amide bonds. The molecule has 2 aromatic heterocycles. The predicted molar refractivity (Wildman–Crippen MR) is 123 cm³/mol. The molecule has 0 saturated heterocycles. The van der Waals surface area contributed by atoms with E-state index >= 15 is 0 Å². The zero-order chi connectivity index (χ0) is 20.4. The molecule has 0 radical (unpaired) electrons. The second-order valence-electron chi connectivity index (χ2n) is 9.10. The van der Waals surface area contributed by atoms with Gasteiger partial charge in [-0.2, -0.15) is 0 Å². The molecule has 0 aliphatic heterocycles. The van der Waals surface area contributed by atoms with Crippen LogP contribution in [-0.2, 0) is 11.2 Å². The van der Waals surface area contributed by atoms with Crippen LogP contribution in [0.25, 0.3) is 10.2 Å². The number of methoxy groups -OCH3 is 1. The maximum absolute atomic E-state index is 5.70. The van der Waals surface area contributed by atoms with Crippen molar-refractivity contribution in [1.29, 1.82) is 0 Å². The molecule has 1 saturated carbocycles. The number of nitrogens with zero attached hydrogens (tertiary/aromatic N) is 2. The van der Waals surface area contributed by atoms with E-state index in [1.807, 2.05) is 18.4 Å². The summed E-state index contributed by atoms with van der Waals surface area (Å²) in [4.78, 5) is 12.0. The first kappa shape index (κ1) is 20.8. The number of anilines is 1. The van der Waals surface area contributed by atoms with Crippen LogP contribution in [0.15, 0.2) is 18.5 Å². The van der Waals surface area contributed by atoms with Crippen LogP contribution in [0, 0.1) is 5.92 Å². The second-order valence-corrected chi connectivity index (χ2v) is 10.2. The number of rotatable bonds is 8. The summed E-state index contributed by atoms with van der Waals surface area (Å²) in [5.41, 5.74) is 2.83. The molecule has 1 N–H and O–H groups in total. The van der Waals surface area contributed by atoms with Gasteiger partial charge in [0.2, 0.25) is 0 Å². The molecule has 5 heteroatoms. The molecule has 2 aromatic rings. The summed E-state index contributed by atoms with van der Waals surface area (Å²) in [6.07, 6.45) is 12.9. The molecular formula is C24H35N3OS. The Morgan fingerprint density at radius 2 is 2.07 bits per heavy atom. The normalized spacial score (nSPS) is 25.1. The van der Waals surface area contributed by atoms with Crippen LogP contribution in [0.5, 0.6) is 0 Å². The van der Waals surface area contributed by atoms with Crippen molar-refractivity contribution in [3.8, 4) is 0 Å². The highest BCUT2D eigenvalue weighted by Gasteiger charge is 2.31. The molecule has 2 aliphatic rings. The third-order valence-corrected chi connectivity index (χ3v) is 8.06. The Balaban J connectivity index is 1.53. The smallest absolute Gasteiger partial charge is 0.138 e. The second kappa shape index (κ2) is 9.13. The molecule has 0 aromatic carbocycles. The minimum Gasteiger partial charge on any atom is -0.381 e. The Morgan fingerprint density at radius 3 is 2.76 bits per heavy atom. The Hall–Kier alpha value is -1.46. The van der Waals surface area contributed by atoms with E-state index in [1.165, 1.54) is 66.3 Å². The van der Waals surface area contributed by atoms with Crippen molar-refractivity contribution in [3.05, 3.63) is 28.9 Å². The predicted octanol–water partition coefficient (Wildman–Crippen LogP) is 6.47. The first-order valence-electron chi connectivity index (χ1n) is 11.3. The molecule has 2 heterocycles. The third-order valence-electron chi connectivity index (χ3n) is 6.89. The van der Waals surface area contributed by atoms with Gasteiger partial charge in [-0.05, 0) is 82.1 Å². The molecule has 0 bridgehead atoms. The lowest BCUT2D eigenvalue weighted by molar-refractivity contribution is 0.0858. The van der Waals surface area contributed by atoms with Crippen LogP contribution in [0.1, 0.15) is 81.6 Å². The van der Waals surface area contributed by atoms with Crippen LogP contribution in [0.2, 0.25) is 0 Å². The molecule has 2 aliphatic carbocycles. The molecule has 1 fully saturated rings. The van der Waals surface area contributed by atoms with E-state index < -0.39 is 0 Å². The summed E-state index contributed by atoms with van der Waals surface area (Å²) in [5, 5.41) is 5.11. The Kier molecular flexibility index (Phi) is 6.55. The van der Waals surface area contributed by atoms with Crippen molar-refractivity contribution in [1.82, 2.24) is 9.97 Å². The number of fused-ring (bicyclic) bond motifs is 3. The Labute approximate surface area is 179 Å². The van der Waals surface area contributed by atoms with Crippen molar-refractivity contribution < 1.29 is 4.74 Å². The fourth-order valence-corrected chi connectivity index (χ4v) is 6.60. The number of thiophene rings is 1. The molecule has 2 atom stereocenters. The van der Waals surface area contributed by atoms with E-state index in [4.69, 9.17) is 9.72 Å². The Bertz CT molecular complexity index is 849. The standard InChI is InChI=1S/C24H35N3OS/c1-5-19(28-4)13-17-8-11-20-21(17)22-23(25-14-26-24(22)29-20)27-18-9-6-16(7-10-18)12-15(2)3/h14,16-19H,2,5-13H2,1,3-4H3,(H,25,26,27)/t16?,17-,18?,19+/m1/s1. The fraction of sp³-hybridized carbons (Fsp3) is 0.667. The summed E-state index contributed by atoms with van der Waals surface area (Å²) in [6.45, 7) is 8.47. The zero-order valence-corrected chi connectivity index (χ0v) is 19.0. The number of allylic oxidation sites excluding steroid dienone is 1. The SMILES string of the molecule is C=C(C)CC1CCC(Nc2ncnc3sc4c(c23)[C@@H](C[C@H](CC)OC)CC4)CC1. The van der Waals surface area contributed by atoms with Gasteiger partial charge in [0.1, 0.15) is 17.0 Å². The van der Waals surface area contributed by atoms with Crippen LogP contribution >= 0.6 is 11.3 Å². The van der Waals surface area contributed by atoms with E-state index in [-0.39, 0.29) is 0 Å². The van der Waals surface area contributed by atoms with Gasteiger partial charge in [-0.3, -0.25) is 0 Å². The van der Waals surface area contributed by atoms with Gasteiger partial charge >= 0.3 is 0 Å². The highest BCUT2D eigenvalue weighted by atomic mass is 32.1. The van der Waals surface area contributed by atoms with Crippen molar-refractivity contribution in [3.63, 3.8) is 0 Å². The first-order valence-corrected chi connectivity index (χ1v) is 12.1. The maximum atomic E-state index is 5.70. The van der Waals surface area contributed by atoms with Crippen LogP contribution < -0.4 is 5.32 Å². The van der Waals surface area contributed by atoms with E-state index in [0.29, 0.717) is 18.1 Å². The molecular weight excluding hydrogens is 378 g/mol. The highest BCUT2D eigenvalue weighted by Crippen LogP contribution is 2.47. The number of aromatic nitrogens is 2. The summed E-state index contributed by atoms with van der Waals surface area (Å²) in [7, 11) is 1.84. The lowest BCUT2D eigenvalue weighted by atomic mass is 9.82.